The van der Waals surface area contributed by atoms with Crippen LogP contribution in [0.5, 0.6) is 11.5 Å². The Morgan fingerprint density at radius 1 is 1.03 bits per heavy atom. The minimum absolute atomic E-state index is 0.134. The molecule has 0 bridgehead atoms. The third kappa shape index (κ3) is 4.92. The molecule has 7 nitrogen and oxygen atoms in total. The third-order valence-corrected chi connectivity index (χ3v) is 7.23. The third-order valence-electron chi connectivity index (χ3n) is 6.38. The number of methoxy groups -OCH3 is 2. The van der Waals surface area contributed by atoms with Crippen LogP contribution in [0.25, 0.3) is 0 Å². The van der Waals surface area contributed by atoms with Crippen molar-refractivity contribution in [2.75, 3.05) is 38.4 Å². The second-order valence-electron chi connectivity index (χ2n) is 8.58. The fraction of sp³-hybridized carbons (Fsp3) is 0.423. The lowest BCUT2D eigenvalue weighted by atomic mass is 9.98. The van der Waals surface area contributed by atoms with Crippen molar-refractivity contribution >= 4 is 34.2 Å². The van der Waals surface area contributed by atoms with Crippen LogP contribution in [0.4, 0.5) is 10.5 Å². The Hall–Kier alpha value is -3.00. The molecule has 2 aliphatic heterocycles. The topological polar surface area (TPSA) is 75.5 Å². The predicted molar refractivity (Wildman–Crippen MR) is 140 cm³/mol. The van der Waals surface area contributed by atoms with Crippen LogP contribution >= 0.6 is 11.8 Å². The van der Waals surface area contributed by atoms with Gasteiger partial charge in [0.15, 0.2) is 17.2 Å². The molecule has 2 aromatic carbocycles. The quantitative estimate of drug-likeness (QED) is 0.630. The predicted octanol–water partition coefficient (Wildman–Crippen LogP) is 5.30. The molecular formula is C26H32N4O3S. The average molecular weight is 481 g/mol. The highest BCUT2D eigenvalue weighted by molar-refractivity contribution is 8.15. The fourth-order valence-electron chi connectivity index (χ4n) is 4.25. The van der Waals surface area contributed by atoms with E-state index in [2.05, 4.69) is 44.3 Å². The van der Waals surface area contributed by atoms with Gasteiger partial charge in [-0.05, 0) is 48.9 Å². The molecule has 1 spiro atoms. The summed E-state index contributed by atoms with van der Waals surface area (Å²) in [5.74, 6) is 2.14. The first-order valence-electron chi connectivity index (χ1n) is 11.6. The minimum Gasteiger partial charge on any atom is -0.493 e. The number of likely N-dealkylation sites (tertiary alicyclic amines) is 1. The number of hydrogen-bond acceptors (Lipinski definition) is 6. The summed E-state index contributed by atoms with van der Waals surface area (Å²) in [6.07, 6.45) is 1.41. The highest BCUT2D eigenvalue weighted by Crippen LogP contribution is 2.36. The molecule has 2 aromatic rings. The zero-order valence-electron chi connectivity index (χ0n) is 20.5. The van der Waals surface area contributed by atoms with Gasteiger partial charge in [-0.15, -0.1) is 11.8 Å². The maximum atomic E-state index is 12.9. The number of ether oxygens (including phenoxy) is 2. The first-order valence-corrected chi connectivity index (χ1v) is 12.5. The second-order valence-corrected chi connectivity index (χ2v) is 9.83. The summed E-state index contributed by atoms with van der Waals surface area (Å²) in [5, 5.41) is 3.98. The molecule has 0 unspecified atom stereocenters. The summed E-state index contributed by atoms with van der Waals surface area (Å²) in [6, 6.07) is 11.7. The zero-order valence-corrected chi connectivity index (χ0v) is 21.3. The highest BCUT2D eigenvalue weighted by Gasteiger charge is 2.40. The number of rotatable bonds is 5. The van der Waals surface area contributed by atoms with Gasteiger partial charge in [-0.3, -0.25) is 4.99 Å². The molecule has 0 saturated carbocycles. The molecule has 2 heterocycles. The number of benzene rings is 2. The van der Waals surface area contributed by atoms with E-state index < -0.39 is 5.66 Å². The molecule has 1 N–H and O–H groups in total. The van der Waals surface area contributed by atoms with Gasteiger partial charge in [0.25, 0.3) is 0 Å². The number of amides is 2. The maximum absolute atomic E-state index is 12.9. The number of anilines is 1. The van der Waals surface area contributed by atoms with Gasteiger partial charge < -0.3 is 19.7 Å². The Morgan fingerprint density at radius 2 is 1.76 bits per heavy atom. The van der Waals surface area contributed by atoms with Crippen molar-refractivity contribution < 1.29 is 14.3 Å². The van der Waals surface area contributed by atoms with Crippen molar-refractivity contribution in [2.45, 2.75) is 39.3 Å². The lowest BCUT2D eigenvalue weighted by molar-refractivity contribution is 0.175. The second kappa shape index (κ2) is 10.1. The highest BCUT2D eigenvalue weighted by atomic mass is 32.2. The Balaban J connectivity index is 1.47. The molecule has 2 amide bonds. The monoisotopic (exact) mass is 480 g/mol. The van der Waals surface area contributed by atoms with Crippen molar-refractivity contribution in [1.29, 1.82) is 0 Å². The van der Waals surface area contributed by atoms with Crippen LogP contribution in [0.15, 0.2) is 46.4 Å². The van der Waals surface area contributed by atoms with Crippen LogP contribution in [0.2, 0.25) is 0 Å². The number of piperidine rings is 1. The van der Waals surface area contributed by atoms with Gasteiger partial charge in [0.1, 0.15) is 5.04 Å². The van der Waals surface area contributed by atoms with Crippen LogP contribution in [0.1, 0.15) is 36.5 Å². The summed E-state index contributed by atoms with van der Waals surface area (Å²) in [5.41, 5.74) is 4.81. The van der Waals surface area contributed by atoms with E-state index >= 15 is 0 Å². The molecule has 0 atom stereocenters. The van der Waals surface area contributed by atoms with Gasteiger partial charge in [0.05, 0.1) is 19.9 Å². The lowest BCUT2D eigenvalue weighted by Crippen LogP contribution is -2.46. The van der Waals surface area contributed by atoms with Gasteiger partial charge >= 0.3 is 6.03 Å². The summed E-state index contributed by atoms with van der Waals surface area (Å²) in [4.78, 5) is 25.0. The Labute approximate surface area is 205 Å². The summed E-state index contributed by atoms with van der Waals surface area (Å²) < 4.78 is 10.6. The van der Waals surface area contributed by atoms with E-state index in [1.807, 2.05) is 4.90 Å². The van der Waals surface area contributed by atoms with E-state index in [4.69, 9.17) is 19.5 Å². The molecule has 1 fully saturated rings. The molecule has 180 valence electrons. The number of carbonyl (C=O) groups is 1. The van der Waals surface area contributed by atoms with E-state index in [9.17, 15) is 4.79 Å². The van der Waals surface area contributed by atoms with E-state index in [-0.39, 0.29) is 6.03 Å². The van der Waals surface area contributed by atoms with Crippen LogP contribution in [0.3, 0.4) is 0 Å². The van der Waals surface area contributed by atoms with Crippen molar-refractivity contribution in [2.24, 2.45) is 9.98 Å². The number of aryl methyl sites for hydroxylation is 2. The van der Waals surface area contributed by atoms with Crippen molar-refractivity contribution in [3.63, 3.8) is 0 Å². The van der Waals surface area contributed by atoms with Gasteiger partial charge in [-0.1, -0.05) is 19.1 Å². The van der Waals surface area contributed by atoms with Gasteiger partial charge in [0, 0.05) is 43.2 Å². The Morgan fingerprint density at radius 3 is 2.41 bits per heavy atom. The fourth-order valence-corrected chi connectivity index (χ4v) is 5.05. The van der Waals surface area contributed by atoms with Crippen LogP contribution in [-0.2, 0) is 0 Å². The molecule has 0 aliphatic carbocycles. The molecular weight excluding hydrogens is 448 g/mol. The molecule has 0 aromatic heterocycles. The molecule has 4 rings (SSSR count). The van der Waals surface area contributed by atoms with Crippen LogP contribution < -0.4 is 14.8 Å². The number of hydrogen-bond donors (Lipinski definition) is 1. The van der Waals surface area contributed by atoms with E-state index in [0.29, 0.717) is 43.1 Å². The number of aliphatic imine (C=N–C) groups is 2. The van der Waals surface area contributed by atoms with Crippen LogP contribution in [-0.4, -0.2) is 60.4 Å². The summed E-state index contributed by atoms with van der Waals surface area (Å²) in [6.45, 7) is 7.57. The number of urea groups is 1. The maximum Gasteiger partial charge on any atom is 0.321 e. The van der Waals surface area contributed by atoms with Gasteiger partial charge in [-0.25, -0.2) is 9.79 Å². The number of nitrogens with zero attached hydrogens (tertiary/aromatic N) is 3. The normalized spacial score (nSPS) is 16.8. The average Bonchev–Trinajstić information content (AvgIpc) is 3.18. The Bertz CT molecular complexity index is 1140. The van der Waals surface area contributed by atoms with Crippen molar-refractivity contribution in [1.82, 2.24) is 4.90 Å². The number of thioether (sulfide) groups is 1. The smallest absolute Gasteiger partial charge is 0.321 e. The van der Waals surface area contributed by atoms with E-state index in [0.717, 1.165) is 22.1 Å². The largest absolute Gasteiger partial charge is 0.493 e. The van der Waals surface area contributed by atoms with Gasteiger partial charge in [0.2, 0.25) is 0 Å². The van der Waals surface area contributed by atoms with Crippen LogP contribution in [0, 0.1) is 13.8 Å². The first-order chi connectivity index (χ1) is 16.4. The van der Waals surface area contributed by atoms with Crippen molar-refractivity contribution in [3.05, 3.63) is 53.1 Å². The van der Waals surface area contributed by atoms with Crippen molar-refractivity contribution in [3.8, 4) is 11.5 Å². The van der Waals surface area contributed by atoms with Gasteiger partial charge in [-0.2, -0.15) is 0 Å². The zero-order chi connectivity index (χ0) is 24.3. The Kier molecular flexibility index (Phi) is 7.16. The van der Waals surface area contributed by atoms with E-state index in [1.165, 1.54) is 11.1 Å². The van der Waals surface area contributed by atoms with E-state index in [1.54, 1.807) is 44.2 Å². The number of nitrogens with one attached hydrogen (secondary N) is 1. The summed E-state index contributed by atoms with van der Waals surface area (Å²) in [7, 11) is 3.16. The number of carbonyl (C=O) groups excluding carboxylic acids is 1. The molecule has 1 saturated heterocycles. The molecule has 8 heteroatoms. The minimum atomic E-state index is -0.480. The first kappa shape index (κ1) is 24.1. The SMILES string of the molecule is CCSC1=NC2(CCN(C(=O)Nc3ccc(OC)c(OC)c3)CC2)N=C1c1ccc(C)c(C)c1. The standard InChI is InChI=1S/C26H32N4O3S/c1-6-34-24-23(19-8-7-17(2)18(3)15-19)28-26(29-24)11-13-30(14-12-26)25(31)27-20-9-10-21(32-4)22(16-20)33-5/h7-10,15-16H,6,11-14H2,1-5H3,(H,27,31). The molecule has 2 aliphatic rings. The summed E-state index contributed by atoms with van der Waals surface area (Å²) >= 11 is 1.74. The lowest BCUT2D eigenvalue weighted by Gasteiger charge is -2.35. The molecule has 0 radical (unpaired) electrons. The molecule has 34 heavy (non-hydrogen) atoms.